The summed E-state index contributed by atoms with van der Waals surface area (Å²) in [6.45, 7) is 5.12. The van der Waals surface area contributed by atoms with Crippen molar-refractivity contribution in [1.82, 2.24) is 0 Å². The van der Waals surface area contributed by atoms with E-state index in [1.54, 1.807) is 7.11 Å². The lowest BCUT2D eigenvalue weighted by Gasteiger charge is -2.14. The summed E-state index contributed by atoms with van der Waals surface area (Å²) in [5.41, 5.74) is 8.78. The molecule has 1 rings (SSSR count). The number of hydrogen-bond acceptors (Lipinski definition) is 3. The van der Waals surface area contributed by atoms with Gasteiger partial charge in [-0.05, 0) is 37.8 Å². The van der Waals surface area contributed by atoms with Crippen LogP contribution in [0.25, 0.3) is 0 Å². The van der Waals surface area contributed by atoms with Gasteiger partial charge in [-0.15, -0.1) is 11.8 Å². The van der Waals surface area contributed by atoms with Crippen molar-refractivity contribution < 1.29 is 4.74 Å². The highest BCUT2D eigenvalue weighted by Crippen LogP contribution is 2.25. The van der Waals surface area contributed by atoms with E-state index in [4.69, 9.17) is 10.5 Å². The molecule has 0 aliphatic carbocycles. The van der Waals surface area contributed by atoms with E-state index in [2.05, 4.69) is 32.0 Å². The van der Waals surface area contributed by atoms with Crippen LogP contribution in [0, 0.1) is 6.92 Å². The van der Waals surface area contributed by atoms with Gasteiger partial charge in [0, 0.05) is 30.4 Å². The fourth-order valence-electron chi connectivity index (χ4n) is 1.82. The number of hydrogen-bond donors (Lipinski definition) is 1. The van der Waals surface area contributed by atoms with E-state index in [1.807, 2.05) is 11.8 Å². The fraction of sp³-hybridized carbons (Fsp3) is 0.600. The minimum atomic E-state index is 0.269. The van der Waals surface area contributed by atoms with Crippen LogP contribution in [0.15, 0.2) is 23.1 Å². The first-order valence-electron chi connectivity index (χ1n) is 6.64. The van der Waals surface area contributed by atoms with Crippen molar-refractivity contribution >= 4 is 11.8 Å². The molecule has 0 bridgehead atoms. The smallest absolute Gasteiger partial charge is 0.0470 e. The predicted molar refractivity (Wildman–Crippen MR) is 80.4 cm³/mol. The van der Waals surface area contributed by atoms with Gasteiger partial charge < -0.3 is 10.5 Å². The Balaban J connectivity index is 2.64. The zero-order valence-corrected chi connectivity index (χ0v) is 12.6. The lowest BCUT2D eigenvalue weighted by atomic mass is 10.0. The largest absolute Gasteiger partial charge is 0.385 e. The molecule has 0 amide bonds. The van der Waals surface area contributed by atoms with Crippen LogP contribution in [0.2, 0.25) is 0 Å². The van der Waals surface area contributed by atoms with Crippen molar-refractivity contribution in [2.24, 2.45) is 5.73 Å². The van der Waals surface area contributed by atoms with E-state index in [9.17, 15) is 0 Å². The Morgan fingerprint density at radius 2 is 2.17 bits per heavy atom. The third-order valence-electron chi connectivity index (χ3n) is 2.97. The van der Waals surface area contributed by atoms with Crippen molar-refractivity contribution in [3.63, 3.8) is 0 Å². The van der Waals surface area contributed by atoms with Crippen LogP contribution in [-0.4, -0.2) is 25.5 Å². The second-order valence-electron chi connectivity index (χ2n) is 4.68. The zero-order chi connectivity index (χ0) is 13.4. The van der Waals surface area contributed by atoms with Gasteiger partial charge in [0.25, 0.3) is 0 Å². The maximum absolute atomic E-state index is 6.07. The van der Waals surface area contributed by atoms with Gasteiger partial charge in [0.05, 0.1) is 0 Å². The molecular weight excluding hydrogens is 242 g/mol. The van der Waals surface area contributed by atoms with Crippen molar-refractivity contribution in [2.45, 2.75) is 44.0 Å². The summed E-state index contributed by atoms with van der Waals surface area (Å²) in [5.74, 6) is 1.10. The molecule has 0 aliphatic heterocycles. The molecule has 2 N–H and O–H groups in total. The molecule has 1 atom stereocenters. The van der Waals surface area contributed by atoms with E-state index < -0.39 is 0 Å². The summed E-state index contributed by atoms with van der Waals surface area (Å²) in [7, 11) is 1.75. The van der Waals surface area contributed by atoms with Gasteiger partial charge in [0.2, 0.25) is 0 Å². The highest BCUT2D eigenvalue weighted by atomic mass is 32.2. The van der Waals surface area contributed by atoms with E-state index in [-0.39, 0.29) is 6.04 Å². The Labute approximate surface area is 115 Å². The van der Waals surface area contributed by atoms with Crippen LogP contribution in [0.4, 0.5) is 0 Å². The molecule has 0 heterocycles. The number of rotatable bonds is 8. The molecule has 102 valence electrons. The zero-order valence-electron chi connectivity index (χ0n) is 11.7. The standard InChI is InChI=1S/C15H25NOS/c1-4-14(16)11-13-10-12(2)6-7-15(13)18-9-5-8-17-3/h6-7,10,14H,4-5,8-9,11,16H2,1-3H3. The molecule has 0 saturated carbocycles. The molecule has 0 aliphatic rings. The third kappa shape index (κ3) is 5.42. The summed E-state index contributed by atoms with van der Waals surface area (Å²) in [5, 5.41) is 0. The first-order chi connectivity index (χ1) is 8.67. The Hall–Kier alpha value is -0.510. The number of methoxy groups -OCH3 is 1. The van der Waals surface area contributed by atoms with Crippen molar-refractivity contribution in [2.75, 3.05) is 19.5 Å². The summed E-state index contributed by atoms with van der Waals surface area (Å²) >= 11 is 1.91. The summed E-state index contributed by atoms with van der Waals surface area (Å²) < 4.78 is 5.08. The van der Waals surface area contributed by atoms with Crippen LogP contribution < -0.4 is 5.73 Å². The van der Waals surface area contributed by atoms with Crippen molar-refractivity contribution in [3.05, 3.63) is 29.3 Å². The first-order valence-corrected chi connectivity index (χ1v) is 7.62. The Bertz CT molecular complexity index is 354. The highest BCUT2D eigenvalue weighted by molar-refractivity contribution is 7.99. The molecule has 1 aromatic carbocycles. The van der Waals surface area contributed by atoms with E-state index in [1.165, 1.54) is 16.0 Å². The maximum Gasteiger partial charge on any atom is 0.0470 e. The third-order valence-corrected chi connectivity index (χ3v) is 4.17. The van der Waals surface area contributed by atoms with E-state index in [0.717, 1.165) is 31.6 Å². The molecule has 2 nitrogen and oxygen atoms in total. The monoisotopic (exact) mass is 267 g/mol. The molecule has 0 radical (unpaired) electrons. The SMILES string of the molecule is CCC(N)Cc1cc(C)ccc1SCCCOC. The number of benzene rings is 1. The second-order valence-corrected chi connectivity index (χ2v) is 5.82. The topological polar surface area (TPSA) is 35.2 Å². The number of nitrogens with two attached hydrogens (primary N) is 1. The van der Waals surface area contributed by atoms with Gasteiger partial charge >= 0.3 is 0 Å². The molecule has 0 fully saturated rings. The van der Waals surface area contributed by atoms with Gasteiger partial charge in [-0.2, -0.15) is 0 Å². The maximum atomic E-state index is 6.07. The fourth-order valence-corrected chi connectivity index (χ4v) is 2.79. The normalized spacial score (nSPS) is 12.7. The second kappa shape index (κ2) is 8.57. The lowest BCUT2D eigenvalue weighted by molar-refractivity contribution is 0.200. The van der Waals surface area contributed by atoms with Gasteiger partial charge in [-0.25, -0.2) is 0 Å². The molecular formula is C15H25NOS. The van der Waals surface area contributed by atoms with Gasteiger partial charge in [-0.1, -0.05) is 24.6 Å². The molecule has 3 heteroatoms. The van der Waals surface area contributed by atoms with Gasteiger partial charge in [0.15, 0.2) is 0 Å². The van der Waals surface area contributed by atoms with Crippen LogP contribution in [-0.2, 0) is 11.2 Å². The quantitative estimate of drug-likeness (QED) is 0.579. The highest BCUT2D eigenvalue weighted by Gasteiger charge is 2.07. The molecule has 1 unspecified atom stereocenters. The molecule has 0 aromatic heterocycles. The molecule has 18 heavy (non-hydrogen) atoms. The minimum absolute atomic E-state index is 0.269. The van der Waals surface area contributed by atoms with Crippen molar-refractivity contribution in [1.29, 1.82) is 0 Å². The number of aryl methyl sites for hydroxylation is 1. The minimum Gasteiger partial charge on any atom is -0.385 e. The van der Waals surface area contributed by atoms with E-state index >= 15 is 0 Å². The average molecular weight is 267 g/mol. The summed E-state index contributed by atoms with van der Waals surface area (Å²) in [6, 6.07) is 6.95. The van der Waals surface area contributed by atoms with Crippen molar-refractivity contribution in [3.8, 4) is 0 Å². The summed E-state index contributed by atoms with van der Waals surface area (Å²) in [6.07, 6.45) is 3.10. The lowest BCUT2D eigenvalue weighted by Crippen LogP contribution is -2.21. The molecule has 0 saturated heterocycles. The van der Waals surface area contributed by atoms with Crippen LogP contribution in [0.3, 0.4) is 0 Å². The van der Waals surface area contributed by atoms with Crippen LogP contribution in [0.1, 0.15) is 30.9 Å². The van der Waals surface area contributed by atoms with Gasteiger partial charge in [-0.3, -0.25) is 0 Å². The first kappa shape index (κ1) is 15.5. The summed E-state index contributed by atoms with van der Waals surface area (Å²) in [4.78, 5) is 1.38. The Morgan fingerprint density at radius 3 is 2.83 bits per heavy atom. The number of thioether (sulfide) groups is 1. The number of ether oxygens (including phenoxy) is 1. The van der Waals surface area contributed by atoms with Crippen LogP contribution in [0.5, 0.6) is 0 Å². The Kier molecular flexibility index (Phi) is 7.40. The Morgan fingerprint density at radius 1 is 1.39 bits per heavy atom. The van der Waals surface area contributed by atoms with Crippen LogP contribution >= 0.6 is 11.8 Å². The van der Waals surface area contributed by atoms with E-state index in [0.29, 0.717) is 0 Å². The molecule has 1 aromatic rings. The molecule has 0 spiro atoms. The average Bonchev–Trinajstić information content (AvgIpc) is 2.36. The predicted octanol–water partition coefficient (Wildman–Crippen LogP) is 3.40. The van der Waals surface area contributed by atoms with Gasteiger partial charge in [0.1, 0.15) is 0 Å².